The van der Waals surface area contributed by atoms with Crippen LogP contribution in [0.2, 0.25) is 0 Å². The van der Waals surface area contributed by atoms with Crippen LogP contribution in [0.25, 0.3) is 0 Å². The number of pyridine rings is 1. The molecule has 1 aliphatic heterocycles. The summed E-state index contributed by atoms with van der Waals surface area (Å²) in [5.74, 6) is 6.74. The maximum absolute atomic E-state index is 13.8. The second kappa shape index (κ2) is 5.97. The quantitative estimate of drug-likeness (QED) is 0.666. The van der Waals surface area contributed by atoms with Gasteiger partial charge < -0.3 is 15.2 Å². The van der Waals surface area contributed by atoms with Crippen molar-refractivity contribution < 1.29 is 4.39 Å². The molecule has 0 bridgehead atoms. The summed E-state index contributed by atoms with van der Waals surface area (Å²) in [6.45, 7) is 3.14. The zero-order chi connectivity index (χ0) is 14.7. The van der Waals surface area contributed by atoms with Crippen LogP contribution in [0.15, 0.2) is 42.5 Å². The first-order chi connectivity index (χ1) is 10.3. The standard InChI is InChI=1S/C15H18FN5/c16-12-4-1-2-5-13(12)20-8-10-21(11-9-20)15-7-3-6-14(18-15)19-17/h1-7H,8-11,17H2,(H,18,19). The number of nitrogen functional groups attached to an aromatic ring is 1. The van der Waals surface area contributed by atoms with Gasteiger partial charge in [0.1, 0.15) is 17.5 Å². The topological polar surface area (TPSA) is 57.4 Å². The van der Waals surface area contributed by atoms with Crippen molar-refractivity contribution in [1.82, 2.24) is 4.98 Å². The Morgan fingerprint density at radius 2 is 1.67 bits per heavy atom. The van der Waals surface area contributed by atoms with Gasteiger partial charge in [-0.25, -0.2) is 15.2 Å². The Morgan fingerprint density at radius 1 is 0.952 bits per heavy atom. The normalized spacial score (nSPS) is 15.1. The van der Waals surface area contributed by atoms with Crippen molar-refractivity contribution in [2.24, 2.45) is 5.84 Å². The van der Waals surface area contributed by atoms with Crippen LogP contribution in [-0.4, -0.2) is 31.2 Å². The summed E-state index contributed by atoms with van der Waals surface area (Å²) < 4.78 is 13.8. The van der Waals surface area contributed by atoms with Gasteiger partial charge in [0.05, 0.1) is 5.69 Å². The fraction of sp³-hybridized carbons (Fsp3) is 0.267. The number of nitrogens with two attached hydrogens (primary N) is 1. The number of hydrazine groups is 1. The number of nitrogens with zero attached hydrogens (tertiary/aromatic N) is 3. The average molecular weight is 287 g/mol. The smallest absolute Gasteiger partial charge is 0.146 e. The number of halogens is 1. The molecular weight excluding hydrogens is 269 g/mol. The molecule has 2 heterocycles. The van der Waals surface area contributed by atoms with Gasteiger partial charge in [0, 0.05) is 26.2 Å². The molecule has 1 aromatic carbocycles. The van der Waals surface area contributed by atoms with Gasteiger partial charge in [0.25, 0.3) is 0 Å². The van der Waals surface area contributed by atoms with Crippen LogP contribution in [0.1, 0.15) is 0 Å². The highest BCUT2D eigenvalue weighted by atomic mass is 19.1. The molecule has 1 saturated heterocycles. The third-order valence-electron chi connectivity index (χ3n) is 3.68. The van der Waals surface area contributed by atoms with Crippen molar-refractivity contribution in [3.63, 3.8) is 0 Å². The lowest BCUT2D eigenvalue weighted by atomic mass is 10.2. The number of piperazine rings is 1. The van der Waals surface area contributed by atoms with E-state index in [2.05, 4.69) is 20.2 Å². The number of benzene rings is 1. The number of hydrogen-bond donors (Lipinski definition) is 2. The van der Waals surface area contributed by atoms with Gasteiger partial charge in [-0.1, -0.05) is 18.2 Å². The van der Waals surface area contributed by atoms with Crippen LogP contribution in [0, 0.1) is 5.82 Å². The molecule has 0 spiro atoms. The van der Waals surface area contributed by atoms with Crippen LogP contribution in [0.5, 0.6) is 0 Å². The van der Waals surface area contributed by atoms with Gasteiger partial charge in [-0.3, -0.25) is 0 Å². The Kier molecular flexibility index (Phi) is 3.87. The van der Waals surface area contributed by atoms with Crippen LogP contribution >= 0.6 is 0 Å². The van der Waals surface area contributed by atoms with Crippen molar-refractivity contribution in [2.75, 3.05) is 41.4 Å². The predicted molar refractivity (Wildman–Crippen MR) is 82.9 cm³/mol. The molecule has 0 amide bonds. The van der Waals surface area contributed by atoms with Crippen LogP contribution in [0.4, 0.5) is 21.7 Å². The van der Waals surface area contributed by atoms with Crippen LogP contribution in [-0.2, 0) is 0 Å². The Morgan fingerprint density at radius 3 is 2.38 bits per heavy atom. The first-order valence-corrected chi connectivity index (χ1v) is 6.96. The van der Waals surface area contributed by atoms with Crippen LogP contribution < -0.4 is 21.1 Å². The molecule has 0 radical (unpaired) electrons. The van der Waals surface area contributed by atoms with E-state index < -0.39 is 0 Å². The third kappa shape index (κ3) is 2.90. The lowest BCUT2D eigenvalue weighted by Crippen LogP contribution is -2.47. The van der Waals surface area contributed by atoms with Crippen LogP contribution in [0.3, 0.4) is 0 Å². The first kappa shape index (κ1) is 13.6. The average Bonchev–Trinajstić information content (AvgIpc) is 2.56. The molecule has 0 unspecified atom stereocenters. The second-order valence-electron chi connectivity index (χ2n) is 4.95. The molecular formula is C15H18FN5. The van der Waals surface area contributed by atoms with Gasteiger partial charge in [0.15, 0.2) is 0 Å². The van der Waals surface area contributed by atoms with Gasteiger partial charge in [-0.2, -0.15) is 0 Å². The molecule has 1 aliphatic rings. The molecule has 1 aromatic heterocycles. The number of para-hydroxylation sites is 1. The highest BCUT2D eigenvalue weighted by Gasteiger charge is 2.20. The second-order valence-corrected chi connectivity index (χ2v) is 4.95. The SMILES string of the molecule is NNc1cccc(N2CCN(c3ccccc3F)CC2)n1. The maximum Gasteiger partial charge on any atom is 0.146 e. The molecule has 0 saturated carbocycles. The molecule has 0 aliphatic carbocycles. The summed E-state index contributed by atoms with van der Waals surface area (Å²) >= 11 is 0. The highest BCUT2D eigenvalue weighted by molar-refractivity contribution is 5.51. The van der Waals surface area contributed by atoms with Crippen molar-refractivity contribution >= 4 is 17.3 Å². The molecule has 1 fully saturated rings. The number of hydrogen-bond acceptors (Lipinski definition) is 5. The summed E-state index contributed by atoms with van der Waals surface area (Å²) in [5.41, 5.74) is 3.22. The lowest BCUT2D eigenvalue weighted by Gasteiger charge is -2.36. The highest BCUT2D eigenvalue weighted by Crippen LogP contribution is 2.22. The van der Waals surface area contributed by atoms with Crippen molar-refractivity contribution in [2.45, 2.75) is 0 Å². The van der Waals surface area contributed by atoms with E-state index in [4.69, 9.17) is 5.84 Å². The number of nitrogens with one attached hydrogen (secondary N) is 1. The number of aromatic nitrogens is 1. The summed E-state index contributed by atoms with van der Waals surface area (Å²) in [7, 11) is 0. The van der Waals surface area contributed by atoms with E-state index in [0.29, 0.717) is 11.5 Å². The largest absolute Gasteiger partial charge is 0.366 e. The Bertz CT molecular complexity index is 611. The van der Waals surface area contributed by atoms with E-state index >= 15 is 0 Å². The monoisotopic (exact) mass is 287 g/mol. The van der Waals surface area contributed by atoms with E-state index in [-0.39, 0.29) is 5.82 Å². The van der Waals surface area contributed by atoms with Crippen molar-refractivity contribution in [3.05, 3.63) is 48.3 Å². The summed E-state index contributed by atoms with van der Waals surface area (Å²) in [4.78, 5) is 8.67. The first-order valence-electron chi connectivity index (χ1n) is 6.96. The van der Waals surface area contributed by atoms with E-state index in [1.54, 1.807) is 6.07 Å². The Labute approximate surface area is 123 Å². The molecule has 6 heteroatoms. The molecule has 0 atom stereocenters. The zero-order valence-corrected chi connectivity index (χ0v) is 11.7. The summed E-state index contributed by atoms with van der Waals surface area (Å²) in [6.07, 6.45) is 0. The van der Waals surface area contributed by atoms with Crippen molar-refractivity contribution in [3.8, 4) is 0 Å². The van der Waals surface area contributed by atoms with Gasteiger partial charge >= 0.3 is 0 Å². The minimum Gasteiger partial charge on any atom is -0.366 e. The van der Waals surface area contributed by atoms with Gasteiger partial charge in [-0.15, -0.1) is 0 Å². The fourth-order valence-electron chi connectivity index (χ4n) is 2.56. The van der Waals surface area contributed by atoms with E-state index in [1.165, 1.54) is 6.07 Å². The molecule has 3 rings (SSSR count). The molecule has 3 N–H and O–H groups in total. The maximum atomic E-state index is 13.8. The molecule has 2 aromatic rings. The Balaban J connectivity index is 1.69. The summed E-state index contributed by atoms with van der Waals surface area (Å²) in [6, 6.07) is 12.6. The van der Waals surface area contributed by atoms with E-state index in [0.717, 1.165) is 32.0 Å². The minimum atomic E-state index is -0.168. The minimum absolute atomic E-state index is 0.168. The Hall–Kier alpha value is -2.34. The molecule has 21 heavy (non-hydrogen) atoms. The van der Waals surface area contributed by atoms with E-state index in [9.17, 15) is 4.39 Å². The number of rotatable bonds is 3. The van der Waals surface area contributed by atoms with Crippen molar-refractivity contribution in [1.29, 1.82) is 0 Å². The molecule has 5 nitrogen and oxygen atoms in total. The van der Waals surface area contributed by atoms with Gasteiger partial charge in [-0.05, 0) is 24.3 Å². The summed E-state index contributed by atoms with van der Waals surface area (Å²) in [5, 5.41) is 0. The number of anilines is 3. The van der Waals surface area contributed by atoms with E-state index in [1.807, 2.05) is 30.3 Å². The fourth-order valence-corrected chi connectivity index (χ4v) is 2.56. The lowest BCUT2D eigenvalue weighted by molar-refractivity contribution is 0.596. The zero-order valence-electron chi connectivity index (χ0n) is 11.7. The predicted octanol–water partition coefficient (Wildman–Crippen LogP) is 1.83. The third-order valence-corrected chi connectivity index (χ3v) is 3.68. The van der Waals surface area contributed by atoms with Gasteiger partial charge in [0.2, 0.25) is 0 Å². The molecule has 110 valence electrons.